The van der Waals surface area contributed by atoms with Crippen LogP contribution >= 0.6 is 11.6 Å². The van der Waals surface area contributed by atoms with Crippen LogP contribution in [-0.2, 0) is 13.0 Å². The van der Waals surface area contributed by atoms with E-state index in [2.05, 4.69) is 91.9 Å². The number of benzene rings is 4. The van der Waals surface area contributed by atoms with Crippen molar-refractivity contribution >= 4 is 22.4 Å². The van der Waals surface area contributed by atoms with Crippen LogP contribution < -0.4 is 5.49 Å². The lowest BCUT2D eigenvalue weighted by Crippen LogP contribution is -2.13. The molecule has 0 saturated heterocycles. The normalized spacial score (nSPS) is 15.0. The number of aromatic nitrogens is 1. The van der Waals surface area contributed by atoms with E-state index in [-0.39, 0.29) is 5.92 Å². The van der Waals surface area contributed by atoms with Crippen LogP contribution in [0, 0.1) is 6.92 Å². The second kappa shape index (κ2) is 9.13. The van der Waals surface area contributed by atoms with Gasteiger partial charge < -0.3 is 0 Å². The summed E-state index contributed by atoms with van der Waals surface area (Å²) in [7, 11) is 0. The summed E-state index contributed by atoms with van der Waals surface area (Å²) in [4.78, 5) is 9.75. The Balaban J connectivity index is 1.45. The molecular weight excluding hydrogens is 448 g/mol. The predicted octanol–water partition coefficient (Wildman–Crippen LogP) is 7.65. The first kappa shape index (κ1) is 21.8. The molecule has 5 aromatic rings. The fraction of sp³-hybridized carbons (Fsp3) is 0.125. The van der Waals surface area contributed by atoms with Gasteiger partial charge in [-0.2, -0.15) is 0 Å². The number of fused-ring (bicyclic) bond motifs is 4. The van der Waals surface area contributed by atoms with Gasteiger partial charge in [-0.15, -0.1) is 0 Å². The highest BCUT2D eigenvalue weighted by atomic mass is 35.5. The topological polar surface area (TPSA) is 25.2 Å². The molecule has 170 valence electrons. The van der Waals surface area contributed by atoms with Gasteiger partial charge in [0.2, 0.25) is 0 Å². The Morgan fingerprint density at radius 3 is 2.49 bits per heavy atom. The van der Waals surface area contributed by atoms with Gasteiger partial charge >= 0.3 is 0 Å². The first-order valence-electron chi connectivity index (χ1n) is 12.0. The van der Waals surface area contributed by atoms with Crippen molar-refractivity contribution in [1.82, 2.24) is 4.98 Å². The van der Waals surface area contributed by atoms with Crippen molar-refractivity contribution in [2.24, 2.45) is 4.99 Å². The number of halogens is 1. The van der Waals surface area contributed by atoms with E-state index in [1.54, 1.807) is 0 Å². The van der Waals surface area contributed by atoms with E-state index in [1.807, 2.05) is 18.3 Å². The summed E-state index contributed by atoms with van der Waals surface area (Å²) in [6, 6.07) is 33.8. The zero-order valence-electron chi connectivity index (χ0n) is 19.6. The molecule has 1 aliphatic carbocycles. The number of nitrogens with zero attached hydrogens (tertiary/aromatic N) is 2. The maximum absolute atomic E-state index is 6.64. The Morgan fingerprint density at radius 2 is 1.60 bits per heavy atom. The summed E-state index contributed by atoms with van der Waals surface area (Å²) in [5.74, 6) is 0.201. The highest BCUT2D eigenvalue weighted by molar-refractivity contribution is 6.31. The summed E-state index contributed by atoms with van der Waals surface area (Å²) in [6.45, 7) is 2.77. The minimum Gasteiger partial charge on any atom is -0.262 e. The quantitative estimate of drug-likeness (QED) is 0.264. The van der Waals surface area contributed by atoms with Gasteiger partial charge in [0, 0.05) is 17.1 Å². The number of aryl methyl sites for hydroxylation is 1. The fourth-order valence-corrected chi connectivity index (χ4v) is 5.65. The van der Waals surface area contributed by atoms with Crippen molar-refractivity contribution in [3.05, 3.63) is 142 Å². The Hall–Kier alpha value is -3.75. The Kier molecular flexibility index (Phi) is 5.67. The van der Waals surface area contributed by atoms with Crippen molar-refractivity contribution in [3.63, 3.8) is 0 Å². The predicted molar refractivity (Wildman–Crippen MR) is 145 cm³/mol. The lowest BCUT2D eigenvalue weighted by molar-refractivity contribution is 0.791. The average molecular weight is 473 g/mol. The minimum absolute atomic E-state index is 0.201. The summed E-state index contributed by atoms with van der Waals surface area (Å²) in [6.07, 6.45) is 2.88. The van der Waals surface area contributed by atoms with E-state index in [1.165, 1.54) is 44.2 Å². The van der Waals surface area contributed by atoms with Crippen molar-refractivity contribution in [1.29, 1.82) is 0 Å². The number of hydrogen-bond donors (Lipinski definition) is 0. The third-order valence-corrected chi connectivity index (χ3v) is 7.36. The Labute approximate surface area is 210 Å². The van der Waals surface area contributed by atoms with Gasteiger partial charge in [-0.25, -0.2) is 4.98 Å². The van der Waals surface area contributed by atoms with Crippen LogP contribution in [0.3, 0.4) is 0 Å². The van der Waals surface area contributed by atoms with Crippen LogP contribution in [0.4, 0.5) is 0 Å². The first-order chi connectivity index (χ1) is 17.2. The molecule has 0 fully saturated rings. The van der Waals surface area contributed by atoms with Gasteiger partial charge in [0.05, 0.1) is 6.54 Å². The van der Waals surface area contributed by atoms with Crippen LogP contribution in [-0.4, -0.2) is 4.98 Å². The maximum Gasteiger partial charge on any atom is 0.147 e. The zero-order chi connectivity index (χ0) is 23.8. The van der Waals surface area contributed by atoms with E-state index in [0.29, 0.717) is 6.54 Å². The molecule has 0 aliphatic heterocycles. The molecule has 35 heavy (non-hydrogen) atoms. The van der Waals surface area contributed by atoms with Crippen molar-refractivity contribution in [2.75, 3.05) is 0 Å². The third kappa shape index (κ3) is 4.05. The standard InChI is InChI=1S/C32H25ClN2/c1-21-17-31(34-19-23-11-8-10-22-9-2-3-12-25(22)23)35-20-24-18-29(27-14-6-7-16-30(27)33)26-13-4-5-15-28(26)32(21)24/h2-17,20,29H,18-19H2,1H3. The molecule has 1 unspecified atom stereocenters. The SMILES string of the molecule is Cc1cc(=NCc2cccc3ccccc23)ncc2c1-c1ccccc1C(c1ccccc1Cl)C2. The molecule has 4 aromatic carbocycles. The molecule has 0 saturated carbocycles. The minimum atomic E-state index is 0.201. The molecule has 1 atom stereocenters. The van der Waals surface area contributed by atoms with Crippen LogP contribution in [0.1, 0.15) is 33.7 Å². The maximum atomic E-state index is 6.64. The highest BCUT2D eigenvalue weighted by Gasteiger charge is 2.27. The van der Waals surface area contributed by atoms with Crippen molar-refractivity contribution in [2.45, 2.75) is 25.8 Å². The first-order valence-corrected chi connectivity index (χ1v) is 12.4. The second-order valence-corrected chi connectivity index (χ2v) is 9.57. The van der Waals surface area contributed by atoms with Gasteiger partial charge in [-0.3, -0.25) is 4.99 Å². The molecule has 6 rings (SSSR count). The highest BCUT2D eigenvalue weighted by Crippen LogP contribution is 2.44. The summed E-state index contributed by atoms with van der Waals surface area (Å²) in [5, 5.41) is 3.29. The van der Waals surface area contributed by atoms with E-state index >= 15 is 0 Å². The Morgan fingerprint density at radius 1 is 0.857 bits per heavy atom. The van der Waals surface area contributed by atoms with Crippen LogP contribution in [0.25, 0.3) is 21.9 Å². The molecule has 2 nitrogen and oxygen atoms in total. The molecule has 0 N–H and O–H groups in total. The second-order valence-electron chi connectivity index (χ2n) is 9.16. The molecular formula is C32H25ClN2. The van der Waals surface area contributed by atoms with Gasteiger partial charge in [-0.1, -0.05) is 96.5 Å². The lowest BCUT2D eigenvalue weighted by atomic mass is 9.75. The molecule has 1 aliphatic rings. The smallest absolute Gasteiger partial charge is 0.147 e. The third-order valence-electron chi connectivity index (χ3n) is 7.02. The van der Waals surface area contributed by atoms with Gasteiger partial charge in [0.25, 0.3) is 0 Å². The van der Waals surface area contributed by atoms with Gasteiger partial charge in [0.15, 0.2) is 0 Å². The molecule has 0 spiro atoms. The molecule has 0 radical (unpaired) electrons. The Bertz CT molecular complexity index is 1630. The van der Waals surface area contributed by atoms with Crippen LogP contribution in [0.5, 0.6) is 0 Å². The molecule has 0 amide bonds. The molecule has 1 aromatic heterocycles. The molecule has 0 bridgehead atoms. The van der Waals surface area contributed by atoms with Crippen molar-refractivity contribution in [3.8, 4) is 11.1 Å². The fourth-order valence-electron chi connectivity index (χ4n) is 5.38. The zero-order valence-corrected chi connectivity index (χ0v) is 20.3. The van der Waals surface area contributed by atoms with Gasteiger partial charge in [0.1, 0.15) is 5.49 Å². The van der Waals surface area contributed by atoms with Gasteiger partial charge in [-0.05, 0) is 75.2 Å². The average Bonchev–Trinajstić information content (AvgIpc) is 3.05. The molecule has 1 heterocycles. The van der Waals surface area contributed by atoms with E-state index in [0.717, 1.165) is 22.5 Å². The number of rotatable bonds is 3. The lowest BCUT2D eigenvalue weighted by Gasteiger charge is -2.28. The van der Waals surface area contributed by atoms with Crippen LogP contribution in [0.15, 0.2) is 108 Å². The number of hydrogen-bond acceptors (Lipinski definition) is 2. The summed E-state index contributed by atoms with van der Waals surface area (Å²) < 4.78 is 0. The van der Waals surface area contributed by atoms with E-state index in [9.17, 15) is 0 Å². The van der Waals surface area contributed by atoms with Crippen molar-refractivity contribution < 1.29 is 0 Å². The molecule has 3 heteroatoms. The largest absolute Gasteiger partial charge is 0.262 e. The summed E-state index contributed by atoms with van der Waals surface area (Å²) in [5.41, 5.74) is 9.41. The van der Waals surface area contributed by atoms with E-state index in [4.69, 9.17) is 21.6 Å². The monoisotopic (exact) mass is 472 g/mol. The van der Waals surface area contributed by atoms with E-state index < -0.39 is 0 Å². The summed E-state index contributed by atoms with van der Waals surface area (Å²) >= 11 is 6.64. The van der Waals surface area contributed by atoms with Crippen LogP contribution in [0.2, 0.25) is 5.02 Å².